The molecule has 0 radical (unpaired) electrons. The van der Waals surface area contributed by atoms with Gasteiger partial charge in [-0.1, -0.05) is 42.7 Å². The van der Waals surface area contributed by atoms with Gasteiger partial charge in [0.1, 0.15) is 0 Å². The maximum Gasteiger partial charge on any atom is 0.0329 e. The van der Waals surface area contributed by atoms with Gasteiger partial charge in [0.05, 0.1) is 0 Å². The first-order valence-corrected chi connectivity index (χ1v) is 7.50. The number of nitrogens with one attached hydrogen (secondary N) is 1. The second-order valence-electron chi connectivity index (χ2n) is 5.71. The molecule has 1 aromatic carbocycles. The van der Waals surface area contributed by atoms with Crippen LogP contribution in [0.4, 0.5) is 0 Å². The van der Waals surface area contributed by atoms with E-state index in [1.807, 2.05) is 0 Å². The Kier molecular flexibility index (Phi) is 7.11. The van der Waals surface area contributed by atoms with E-state index in [1.165, 1.54) is 42.5 Å². The standard InChI is InChI=1S/C17H30N2/c1-6-7-9-19(5)10-8-17(18-4)16-12-14(2)11-15(3)13-16/h11-13,17-18H,6-10H2,1-5H3. The summed E-state index contributed by atoms with van der Waals surface area (Å²) in [4.78, 5) is 2.44. The van der Waals surface area contributed by atoms with Crippen molar-refractivity contribution in [3.8, 4) is 0 Å². The quantitative estimate of drug-likeness (QED) is 0.768. The maximum atomic E-state index is 3.46. The Balaban J connectivity index is 2.57. The molecule has 0 heterocycles. The lowest BCUT2D eigenvalue weighted by Gasteiger charge is -2.22. The summed E-state index contributed by atoms with van der Waals surface area (Å²) >= 11 is 0. The molecular weight excluding hydrogens is 232 g/mol. The fourth-order valence-electron chi connectivity index (χ4n) is 2.58. The summed E-state index contributed by atoms with van der Waals surface area (Å²) in [6, 6.07) is 7.31. The van der Waals surface area contributed by atoms with Crippen LogP contribution in [0.5, 0.6) is 0 Å². The monoisotopic (exact) mass is 262 g/mol. The number of nitrogens with zero attached hydrogens (tertiary/aromatic N) is 1. The maximum absolute atomic E-state index is 3.46. The van der Waals surface area contributed by atoms with E-state index < -0.39 is 0 Å². The fourth-order valence-corrected chi connectivity index (χ4v) is 2.58. The zero-order valence-corrected chi connectivity index (χ0v) is 13.3. The van der Waals surface area contributed by atoms with Crippen molar-refractivity contribution in [1.29, 1.82) is 0 Å². The molecule has 0 fully saturated rings. The first-order valence-electron chi connectivity index (χ1n) is 7.50. The minimum Gasteiger partial charge on any atom is -0.313 e. The van der Waals surface area contributed by atoms with Gasteiger partial charge in [-0.3, -0.25) is 0 Å². The molecule has 1 aromatic rings. The summed E-state index contributed by atoms with van der Waals surface area (Å²) in [5, 5.41) is 3.46. The van der Waals surface area contributed by atoms with E-state index in [0.717, 1.165) is 6.54 Å². The number of benzene rings is 1. The van der Waals surface area contributed by atoms with Crippen LogP contribution in [0.15, 0.2) is 18.2 Å². The molecule has 1 atom stereocenters. The number of unbranched alkanes of at least 4 members (excludes halogenated alkanes) is 1. The first-order chi connectivity index (χ1) is 9.06. The number of rotatable bonds is 8. The van der Waals surface area contributed by atoms with E-state index in [4.69, 9.17) is 0 Å². The molecule has 0 aliphatic heterocycles. The van der Waals surface area contributed by atoms with Gasteiger partial charge in [-0.25, -0.2) is 0 Å². The smallest absolute Gasteiger partial charge is 0.0329 e. The van der Waals surface area contributed by atoms with Crippen LogP contribution in [0.3, 0.4) is 0 Å². The molecule has 1 unspecified atom stereocenters. The van der Waals surface area contributed by atoms with Crippen molar-refractivity contribution in [2.75, 3.05) is 27.2 Å². The second kappa shape index (κ2) is 8.34. The van der Waals surface area contributed by atoms with Gasteiger partial charge in [-0.05, 0) is 59.4 Å². The van der Waals surface area contributed by atoms with Crippen molar-refractivity contribution in [3.05, 3.63) is 34.9 Å². The summed E-state index contributed by atoms with van der Waals surface area (Å²) in [6.45, 7) is 8.96. The predicted octanol–water partition coefficient (Wildman–Crippen LogP) is 3.69. The highest BCUT2D eigenvalue weighted by molar-refractivity contribution is 5.30. The topological polar surface area (TPSA) is 15.3 Å². The van der Waals surface area contributed by atoms with Crippen molar-refractivity contribution in [2.24, 2.45) is 0 Å². The molecule has 2 heteroatoms. The highest BCUT2D eigenvalue weighted by Crippen LogP contribution is 2.20. The molecule has 19 heavy (non-hydrogen) atoms. The molecule has 0 saturated heterocycles. The molecule has 0 aromatic heterocycles. The van der Waals surface area contributed by atoms with E-state index in [0.29, 0.717) is 6.04 Å². The lowest BCUT2D eigenvalue weighted by atomic mass is 9.99. The van der Waals surface area contributed by atoms with Gasteiger partial charge in [0.15, 0.2) is 0 Å². The van der Waals surface area contributed by atoms with Crippen LogP contribution < -0.4 is 5.32 Å². The van der Waals surface area contributed by atoms with Gasteiger partial charge in [0, 0.05) is 6.04 Å². The summed E-state index contributed by atoms with van der Waals surface area (Å²) in [7, 11) is 4.29. The predicted molar refractivity (Wildman–Crippen MR) is 84.7 cm³/mol. The fraction of sp³-hybridized carbons (Fsp3) is 0.647. The largest absolute Gasteiger partial charge is 0.313 e. The van der Waals surface area contributed by atoms with Crippen molar-refractivity contribution >= 4 is 0 Å². The molecule has 0 saturated carbocycles. The molecule has 2 nitrogen and oxygen atoms in total. The summed E-state index contributed by atoms with van der Waals surface area (Å²) < 4.78 is 0. The Morgan fingerprint density at radius 3 is 2.26 bits per heavy atom. The van der Waals surface area contributed by atoms with Crippen LogP contribution in [-0.4, -0.2) is 32.1 Å². The molecule has 108 valence electrons. The van der Waals surface area contributed by atoms with Crippen LogP contribution >= 0.6 is 0 Å². The number of hydrogen-bond acceptors (Lipinski definition) is 2. The highest BCUT2D eigenvalue weighted by Gasteiger charge is 2.11. The van der Waals surface area contributed by atoms with Crippen LogP contribution in [0.2, 0.25) is 0 Å². The number of aryl methyl sites for hydroxylation is 2. The molecule has 0 bridgehead atoms. The Morgan fingerprint density at radius 2 is 1.74 bits per heavy atom. The second-order valence-corrected chi connectivity index (χ2v) is 5.71. The molecular formula is C17H30N2. The van der Waals surface area contributed by atoms with E-state index >= 15 is 0 Å². The Hall–Kier alpha value is -0.860. The minimum absolute atomic E-state index is 0.461. The Bertz CT molecular complexity index is 353. The van der Waals surface area contributed by atoms with Crippen molar-refractivity contribution < 1.29 is 0 Å². The van der Waals surface area contributed by atoms with Crippen LogP contribution in [0, 0.1) is 13.8 Å². The summed E-state index contributed by atoms with van der Waals surface area (Å²) in [5.41, 5.74) is 4.13. The SMILES string of the molecule is CCCCN(C)CCC(NC)c1cc(C)cc(C)c1. The van der Waals surface area contributed by atoms with Gasteiger partial charge in [-0.15, -0.1) is 0 Å². The van der Waals surface area contributed by atoms with Crippen LogP contribution in [0.25, 0.3) is 0 Å². The van der Waals surface area contributed by atoms with Crippen molar-refractivity contribution in [3.63, 3.8) is 0 Å². The zero-order chi connectivity index (χ0) is 14.3. The summed E-state index contributed by atoms with van der Waals surface area (Å²) in [6.07, 6.45) is 3.74. The number of hydrogen-bond donors (Lipinski definition) is 1. The lowest BCUT2D eigenvalue weighted by Crippen LogP contribution is -2.26. The van der Waals surface area contributed by atoms with Crippen LogP contribution in [0.1, 0.15) is 48.9 Å². The first kappa shape index (κ1) is 16.2. The molecule has 0 aliphatic carbocycles. The van der Waals surface area contributed by atoms with Gasteiger partial charge in [0.25, 0.3) is 0 Å². The van der Waals surface area contributed by atoms with E-state index in [-0.39, 0.29) is 0 Å². The van der Waals surface area contributed by atoms with Crippen LogP contribution in [-0.2, 0) is 0 Å². The molecule has 0 spiro atoms. The summed E-state index contributed by atoms with van der Waals surface area (Å²) in [5.74, 6) is 0. The zero-order valence-electron chi connectivity index (χ0n) is 13.3. The highest BCUT2D eigenvalue weighted by atomic mass is 15.1. The molecule has 1 N–H and O–H groups in total. The molecule has 1 rings (SSSR count). The average molecular weight is 262 g/mol. The Morgan fingerprint density at radius 1 is 1.11 bits per heavy atom. The third-order valence-corrected chi connectivity index (χ3v) is 3.69. The molecule has 0 amide bonds. The van der Waals surface area contributed by atoms with Crippen molar-refractivity contribution in [1.82, 2.24) is 10.2 Å². The van der Waals surface area contributed by atoms with E-state index in [1.54, 1.807) is 0 Å². The molecule has 0 aliphatic rings. The lowest BCUT2D eigenvalue weighted by molar-refractivity contribution is 0.306. The third-order valence-electron chi connectivity index (χ3n) is 3.69. The minimum atomic E-state index is 0.461. The van der Waals surface area contributed by atoms with Gasteiger partial charge < -0.3 is 10.2 Å². The van der Waals surface area contributed by atoms with Crippen molar-refractivity contribution in [2.45, 2.75) is 46.1 Å². The average Bonchev–Trinajstić information content (AvgIpc) is 2.36. The third kappa shape index (κ3) is 5.75. The normalized spacial score (nSPS) is 12.9. The van der Waals surface area contributed by atoms with Gasteiger partial charge in [-0.2, -0.15) is 0 Å². The Labute approximate surface area is 119 Å². The van der Waals surface area contributed by atoms with Gasteiger partial charge >= 0.3 is 0 Å². The van der Waals surface area contributed by atoms with Gasteiger partial charge in [0.2, 0.25) is 0 Å². The van der Waals surface area contributed by atoms with E-state index in [9.17, 15) is 0 Å². The van der Waals surface area contributed by atoms with E-state index in [2.05, 4.69) is 63.3 Å².